The van der Waals surface area contributed by atoms with Crippen LogP contribution in [-0.2, 0) is 85.9 Å². The highest BCUT2D eigenvalue weighted by atomic mass is 16.3. The lowest BCUT2D eigenvalue weighted by molar-refractivity contribution is 0.461. The van der Waals surface area contributed by atoms with Gasteiger partial charge in [0.1, 0.15) is 97.7 Å². The van der Waals surface area contributed by atoms with Gasteiger partial charge in [0.25, 0.3) is 0 Å². The second kappa shape index (κ2) is 43.2. The Morgan fingerprint density at radius 3 is 0.353 bits per heavy atom. The summed E-state index contributed by atoms with van der Waals surface area (Å²) in [6.45, 7) is 10.8. The summed E-state index contributed by atoms with van der Waals surface area (Å²) in [5.41, 5.74) is 22.6. The molecule has 0 fully saturated rings. The minimum Gasteiger partial charge on any atom is -0.508 e. The van der Waals surface area contributed by atoms with Crippen LogP contribution in [0.3, 0.4) is 0 Å². The van der Waals surface area contributed by atoms with E-state index in [1.807, 2.05) is 194 Å². The summed E-state index contributed by atoms with van der Waals surface area (Å²) >= 11 is 0. The first-order valence-electron chi connectivity index (χ1n) is 49.9. The molecule has 0 spiro atoms. The van der Waals surface area contributed by atoms with E-state index in [0.29, 0.717) is 109 Å². The summed E-state index contributed by atoms with van der Waals surface area (Å²) in [6.07, 6.45) is 3.74. The Morgan fingerprint density at radius 2 is 0.220 bits per heavy atom. The fourth-order valence-electron chi connectivity index (χ4n) is 20.6. The first kappa shape index (κ1) is 102. The minimum absolute atomic E-state index is 0.126. The van der Waals surface area contributed by atoms with Gasteiger partial charge in [-0.3, -0.25) is 0 Å². The van der Waals surface area contributed by atoms with Crippen LogP contribution in [0.2, 0.25) is 0 Å². The van der Waals surface area contributed by atoms with E-state index in [4.69, 9.17) is 0 Å². The van der Waals surface area contributed by atoms with Gasteiger partial charge in [0.15, 0.2) is 0 Å². The van der Waals surface area contributed by atoms with Crippen molar-refractivity contribution in [2.24, 2.45) is 0 Å². The molecule has 0 aliphatic heterocycles. The van der Waals surface area contributed by atoms with Crippen LogP contribution in [0.4, 0.5) is 0 Å². The lowest BCUT2D eigenvalue weighted by Crippen LogP contribution is -2.28. The van der Waals surface area contributed by atoms with Crippen molar-refractivity contribution in [2.75, 3.05) is 0 Å². The topological polar surface area (TPSA) is 344 Å². The van der Waals surface area contributed by atoms with Gasteiger partial charge in [0.05, 0.1) is 0 Å². The van der Waals surface area contributed by atoms with Gasteiger partial charge in [0.2, 0.25) is 0 Å². The van der Waals surface area contributed by atoms with Crippen molar-refractivity contribution < 1.29 is 86.8 Å². The third-order valence-corrected chi connectivity index (χ3v) is 29.8. The molecule has 2 atom stereocenters. The van der Waals surface area contributed by atoms with Gasteiger partial charge in [-0.05, 0) is 339 Å². The smallest absolute Gasteiger partial charge is 0.122 e. The monoisotopic (exact) mass is 1990 g/mol. The summed E-state index contributed by atoms with van der Waals surface area (Å²) < 4.78 is 0. The van der Waals surface area contributed by atoms with E-state index >= 15 is 0 Å². The first-order chi connectivity index (χ1) is 72.0. The SMILES string of the molecule is CC(C)(c1ccc(C(C)(c2cc(Cc3ccc(O)cc3)c(O)c(Cc3ccc(O)cc3)c2)c2cc(Cc3ccc(O)cc3)c(O)c(Cc3ccc(O)cc3)c2)cc1)c1cc(Cc2ccc(O)cc2)c(O)c(Cc2ccc(O)cc2)c1.CC(c1ccc(O)cc1)(c1ccc(C(C)(c2ccc(O)cc2)c2cc(Cc3ccc(O)cc3)c(O)c(Cc3ccc(O)cc3)c2)cc1)c1cc(Cc2ccc(O)cc2)c(O)c(Cc2ccc(O)cc2)c1. The van der Waals surface area contributed by atoms with Crippen LogP contribution < -0.4 is 0 Å². The number of phenolic OH excluding ortho intramolecular Hbond substituents is 17. The molecule has 0 amide bonds. The van der Waals surface area contributed by atoms with Gasteiger partial charge in [-0.15, -0.1) is 0 Å². The van der Waals surface area contributed by atoms with Crippen LogP contribution in [-0.4, -0.2) is 86.8 Å². The van der Waals surface area contributed by atoms with Crippen LogP contribution in [0.5, 0.6) is 97.7 Å². The van der Waals surface area contributed by atoms with Gasteiger partial charge in [-0.2, -0.15) is 0 Å². The molecule has 19 aromatic carbocycles. The van der Waals surface area contributed by atoms with Crippen LogP contribution >= 0.6 is 0 Å². The third-order valence-electron chi connectivity index (χ3n) is 29.8. The molecule has 17 N–H and O–H groups in total. The lowest BCUT2D eigenvalue weighted by atomic mass is 9.67. The normalized spacial score (nSPS) is 12.3. The van der Waals surface area contributed by atoms with Crippen molar-refractivity contribution in [1.82, 2.24) is 0 Å². The summed E-state index contributed by atoms with van der Waals surface area (Å²) in [5, 5.41) is 183. The van der Waals surface area contributed by atoms with Crippen molar-refractivity contribution in [3.05, 3.63) is 573 Å². The molecule has 17 heteroatoms. The third kappa shape index (κ3) is 22.7. The standard InChI is InChI=1S/C71H64O9.C62H54O8/c1-70(2,58-38-50(32-44-4-20-61(72)21-5-44)67(78)51(39-58)33-45-6-22-62(73)23-7-45)56-16-18-57(19-17-56)71(3,59-40-52(34-46-8-24-63(74)25-9-46)68(79)53(41-59)35-47-10-26-64(75)27-11-47)60-42-54(36-48-12-28-65(76)29-13-48)69(80)55(43-60)37-49-14-30-66(77)31-15-49;1-61(49-15-27-57(67)28-16-49,51-35-43(31-39-3-19-53(63)20-4-39)59(69)44(36-51)32-40-5-21-54(64)22-6-40)47-11-13-48(14-12-47)62(2,50-17-29-58(68)30-18-50)52-37-45(33-41-7-23-55(65)24-8-41)60(70)46(38-52)34-42-9-25-56(66)26-10-42/h4-31,38-43,72-80H,32-37H2,1-3H3;3-30,35-38,63-70H,31-34H2,1-2H3. The molecule has 0 saturated heterocycles. The molecule has 0 radical (unpaired) electrons. The van der Waals surface area contributed by atoms with Crippen molar-refractivity contribution >= 4 is 0 Å². The number of hydrogen-bond donors (Lipinski definition) is 17. The van der Waals surface area contributed by atoms with E-state index in [0.717, 1.165) is 128 Å². The fourth-order valence-corrected chi connectivity index (χ4v) is 20.6. The highest BCUT2D eigenvalue weighted by Gasteiger charge is 2.40. The largest absolute Gasteiger partial charge is 0.508 e. The number of phenols is 17. The summed E-state index contributed by atoms with van der Waals surface area (Å²) in [6, 6.07) is 121. The van der Waals surface area contributed by atoms with Gasteiger partial charge < -0.3 is 86.8 Å². The average Bonchev–Trinajstić information content (AvgIpc) is 0.738. The van der Waals surface area contributed by atoms with Crippen LogP contribution in [0.15, 0.2) is 400 Å². The molecule has 2 unspecified atom stereocenters. The molecule has 0 saturated carbocycles. The van der Waals surface area contributed by atoms with E-state index < -0.39 is 21.7 Å². The van der Waals surface area contributed by atoms with Crippen molar-refractivity contribution in [2.45, 2.75) is 120 Å². The van der Waals surface area contributed by atoms with Gasteiger partial charge in [-0.25, -0.2) is 0 Å². The van der Waals surface area contributed by atoms with Crippen molar-refractivity contribution in [1.29, 1.82) is 0 Å². The van der Waals surface area contributed by atoms with Crippen LogP contribution in [0, 0.1) is 0 Å². The molecule has 0 heterocycles. The van der Waals surface area contributed by atoms with Gasteiger partial charge >= 0.3 is 0 Å². The minimum atomic E-state index is -0.988. The van der Waals surface area contributed by atoms with E-state index in [1.54, 1.807) is 146 Å². The Labute approximate surface area is 872 Å². The van der Waals surface area contributed by atoms with Gasteiger partial charge in [-0.1, -0.05) is 269 Å². The zero-order chi connectivity index (χ0) is 105. The molecule has 19 aromatic rings. The molecule has 0 bridgehead atoms. The number of benzene rings is 19. The Morgan fingerprint density at radius 1 is 0.120 bits per heavy atom. The molecular formula is C133H118O17. The predicted molar refractivity (Wildman–Crippen MR) is 588 cm³/mol. The van der Waals surface area contributed by atoms with E-state index in [-0.39, 0.29) is 97.7 Å². The maximum atomic E-state index is 12.3. The second-order valence-corrected chi connectivity index (χ2v) is 40.4. The highest BCUT2D eigenvalue weighted by Crippen LogP contribution is 2.51. The van der Waals surface area contributed by atoms with E-state index in [1.165, 1.54) is 0 Å². The Hall–Kier alpha value is -18.2. The summed E-state index contributed by atoms with van der Waals surface area (Å²) in [4.78, 5) is 0. The molecule has 0 aromatic heterocycles. The Bertz CT molecular complexity index is 7280. The number of rotatable bonds is 31. The quantitative estimate of drug-likeness (QED) is 0.0180. The summed E-state index contributed by atoms with van der Waals surface area (Å²) in [7, 11) is 0. The highest BCUT2D eigenvalue weighted by molar-refractivity contribution is 5.66. The van der Waals surface area contributed by atoms with Crippen molar-refractivity contribution in [3.63, 3.8) is 0 Å². The summed E-state index contributed by atoms with van der Waals surface area (Å²) in [5.74, 6) is 2.43. The van der Waals surface area contributed by atoms with E-state index in [2.05, 4.69) is 95.3 Å². The van der Waals surface area contributed by atoms with Crippen molar-refractivity contribution in [3.8, 4) is 97.7 Å². The zero-order valence-corrected chi connectivity index (χ0v) is 83.8. The molecule has 752 valence electrons. The average molecular weight is 1990 g/mol. The molecular weight excluding hydrogens is 1870 g/mol. The van der Waals surface area contributed by atoms with E-state index in [9.17, 15) is 86.8 Å². The number of aromatic hydroxyl groups is 17. The zero-order valence-electron chi connectivity index (χ0n) is 83.8. The Kier molecular flexibility index (Phi) is 29.3. The van der Waals surface area contributed by atoms with Gasteiger partial charge in [0, 0.05) is 85.9 Å². The second-order valence-electron chi connectivity index (χ2n) is 40.4. The Balaban J connectivity index is 0.000000197. The molecule has 17 nitrogen and oxygen atoms in total. The maximum absolute atomic E-state index is 12.3. The molecule has 150 heavy (non-hydrogen) atoms. The predicted octanol–water partition coefficient (Wildman–Crippen LogP) is 26.7. The molecule has 19 rings (SSSR count). The van der Waals surface area contributed by atoms with Crippen LogP contribution in [0.1, 0.15) is 207 Å². The molecule has 0 aliphatic rings. The fraction of sp³-hybridized carbons (Fsp3) is 0.143. The van der Waals surface area contributed by atoms with Crippen LogP contribution in [0.25, 0.3) is 0 Å². The number of hydrogen-bond acceptors (Lipinski definition) is 17. The lowest BCUT2D eigenvalue weighted by Gasteiger charge is -2.36. The molecule has 0 aliphatic carbocycles. The maximum Gasteiger partial charge on any atom is 0.122 e. The first-order valence-corrected chi connectivity index (χ1v) is 49.9.